The van der Waals surface area contributed by atoms with Crippen LogP contribution in [0.3, 0.4) is 0 Å². The van der Waals surface area contributed by atoms with Gasteiger partial charge in [-0.15, -0.1) is 0 Å². The molecule has 0 fully saturated rings. The molecule has 0 aliphatic carbocycles. The fraction of sp³-hybridized carbons (Fsp3) is 0.0625. The molecular weight excluding hydrogens is 243 g/mol. The molecular formula is C16H11FO2. The van der Waals surface area contributed by atoms with Gasteiger partial charge in [-0.05, 0) is 42.3 Å². The third-order valence-corrected chi connectivity index (χ3v) is 3.05. The molecule has 1 heterocycles. The van der Waals surface area contributed by atoms with Gasteiger partial charge in [0.1, 0.15) is 11.4 Å². The fourth-order valence-corrected chi connectivity index (χ4v) is 2.15. The van der Waals surface area contributed by atoms with Crippen LogP contribution in [0.15, 0.2) is 57.7 Å². The first kappa shape index (κ1) is 11.7. The van der Waals surface area contributed by atoms with Gasteiger partial charge >= 0.3 is 5.63 Å². The topological polar surface area (TPSA) is 30.2 Å². The van der Waals surface area contributed by atoms with Gasteiger partial charge in [0.2, 0.25) is 0 Å². The molecule has 0 aliphatic rings. The van der Waals surface area contributed by atoms with E-state index in [-0.39, 0.29) is 5.82 Å². The molecule has 0 saturated heterocycles. The summed E-state index contributed by atoms with van der Waals surface area (Å²) in [6.07, 6.45) is 0. The number of benzene rings is 2. The summed E-state index contributed by atoms with van der Waals surface area (Å²) in [4.78, 5) is 11.6. The average molecular weight is 254 g/mol. The van der Waals surface area contributed by atoms with E-state index < -0.39 is 5.63 Å². The van der Waals surface area contributed by atoms with Crippen LogP contribution in [0, 0.1) is 12.7 Å². The zero-order chi connectivity index (χ0) is 13.4. The molecule has 2 aromatic carbocycles. The van der Waals surface area contributed by atoms with E-state index >= 15 is 0 Å². The summed E-state index contributed by atoms with van der Waals surface area (Å²) >= 11 is 0. The van der Waals surface area contributed by atoms with Gasteiger partial charge in [-0.3, -0.25) is 0 Å². The summed E-state index contributed by atoms with van der Waals surface area (Å²) in [6.45, 7) is 1.97. The van der Waals surface area contributed by atoms with Crippen LogP contribution in [0.25, 0.3) is 22.1 Å². The van der Waals surface area contributed by atoms with Crippen molar-refractivity contribution in [2.24, 2.45) is 0 Å². The van der Waals surface area contributed by atoms with Gasteiger partial charge in [-0.2, -0.15) is 0 Å². The number of rotatable bonds is 1. The van der Waals surface area contributed by atoms with Crippen LogP contribution in [0.5, 0.6) is 0 Å². The standard InChI is InChI=1S/C16H11FO2/c1-10-2-7-15-14(8-10)13(9-16(18)19-15)11-3-5-12(17)6-4-11/h2-9H,1H3. The SMILES string of the molecule is Cc1ccc2oc(=O)cc(-c3ccc(F)cc3)c2c1. The maximum absolute atomic E-state index is 13.0. The van der Waals surface area contributed by atoms with Crippen LogP contribution in [0.2, 0.25) is 0 Å². The maximum Gasteiger partial charge on any atom is 0.336 e. The lowest BCUT2D eigenvalue weighted by molar-refractivity contribution is 0.561. The Morgan fingerprint density at radius 3 is 2.47 bits per heavy atom. The van der Waals surface area contributed by atoms with Gasteiger partial charge in [0.25, 0.3) is 0 Å². The first-order valence-electron chi connectivity index (χ1n) is 5.94. The Hall–Kier alpha value is -2.42. The van der Waals surface area contributed by atoms with Gasteiger partial charge in [-0.1, -0.05) is 23.8 Å². The number of halogens is 1. The zero-order valence-corrected chi connectivity index (χ0v) is 10.3. The zero-order valence-electron chi connectivity index (χ0n) is 10.3. The molecule has 19 heavy (non-hydrogen) atoms. The molecule has 0 radical (unpaired) electrons. The van der Waals surface area contributed by atoms with Gasteiger partial charge in [0.05, 0.1) is 0 Å². The van der Waals surface area contributed by atoms with E-state index in [0.717, 1.165) is 22.1 Å². The third-order valence-electron chi connectivity index (χ3n) is 3.05. The Balaban J connectivity index is 2.35. The van der Waals surface area contributed by atoms with Gasteiger partial charge in [-0.25, -0.2) is 9.18 Å². The molecule has 0 spiro atoms. The predicted octanol–water partition coefficient (Wildman–Crippen LogP) is 3.91. The first-order chi connectivity index (χ1) is 9.13. The highest BCUT2D eigenvalue weighted by molar-refractivity contribution is 5.93. The fourth-order valence-electron chi connectivity index (χ4n) is 2.15. The maximum atomic E-state index is 13.0. The van der Waals surface area contributed by atoms with Crippen LogP contribution < -0.4 is 5.63 Å². The quantitative estimate of drug-likeness (QED) is 0.616. The lowest BCUT2D eigenvalue weighted by Crippen LogP contribution is -1.98. The predicted molar refractivity (Wildman–Crippen MR) is 72.6 cm³/mol. The van der Waals surface area contributed by atoms with Crippen molar-refractivity contribution in [2.75, 3.05) is 0 Å². The van der Waals surface area contributed by atoms with E-state index in [1.807, 2.05) is 19.1 Å². The lowest BCUT2D eigenvalue weighted by atomic mass is 10.0. The summed E-state index contributed by atoms with van der Waals surface area (Å²) in [7, 11) is 0. The summed E-state index contributed by atoms with van der Waals surface area (Å²) < 4.78 is 18.2. The average Bonchev–Trinajstić information content (AvgIpc) is 2.39. The number of aryl methyl sites for hydroxylation is 1. The van der Waals surface area contributed by atoms with E-state index in [1.54, 1.807) is 18.2 Å². The smallest absolute Gasteiger partial charge is 0.336 e. The molecule has 0 unspecified atom stereocenters. The normalized spacial score (nSPS) is 10.8. The molecule has 94 valence electrons. The Labute approximate surface area is 109 Å². The Kier molecular flexibility index (Phi) is 2.67. The second-order valence-corrected chi connectivity index (χ2v) is 4.49. The highest BCUT2D eigenvalue weighted by Crippen LogP contribution is 2.28. The summed E-state index contributed by atoms with van der Waals surface area (Å²) in [5.41, 5.74) is 2.76. The summed E-state index contributed by atoms with van der Waals surface area (Å²) in [5, 5.41) is 0.853. The van der Waals surface area contributed by atoms with E-state index in [0.29, 0.717) is 5.58 Å². The van der Waals surface area contributed by atoms with E-state index in [1.165, 1.54) is 18.2 Å². The number of fused-ring (bicyclic) bond motifs is 1. The van der Waals surface area contributed by atoms with Crippen LogP contribution in [0.4, 0.5) is 4.39 Å². The molecule has 0 aliphatic heterocycles. The van der Waals surface area contributed by atoms with Gasteiger partial charge < -0.3 is 4.42 Å². The highest BCUT2D eigenvalue weighted by atomic mass is 19.1. The van der Waals surface area contributed by atoms with Crippen molar-refractivity contribution in [3.63, 3.8) is 0 Å². The molecule has 0 amide bonds. The number of hydrogen-bond donors (Lipinski definition) is 0. The number of hydrogen-bond acceptors (Lipinski definition) is 2. The Morgan fingerprint density at radius 2 is 1.74 bits per heavy atom. The van der Waals surface area contributed by atoms with E-state index in [4.69, 9.17) is 4.42 Å². The first-order valence-corrected chi connectivity index (χ1v) is 5.94. The van der Waals surface area contributed by atoms with Crippen molar-refractivity contribution >= 4 is 11.0 Å². The van der Waals surface area contributed by atoms with Crippen molar-refractivity contribution in [3.8, 4) is 11.1 Å². The third kappa shape index (κ3) is 2.15. The minimum Gasteiger partial charge on any atom is -0.423 e. The second kappa shape index (κ2) is 4.35. The van der Waals surface area contributed by atoms with Crippen molar-refractivity contribution in [2.45, 2.75) is 6.92 Å². The molecule has 0 atom stereocenters. The van der Waals surface area contributed by atoms with Gasteiger partial charge in [0, 0.05) is 11.5 Å². The summed E-state index contributed by atoms with van der Waals surface area (Å²) in [5.74, 6) is -0.299. The molecule has 3 heteroatoms. The van der Waals surface area contributed by atoms with Crippen LogP contribution in [-0.4, -0.2) is 0 Å². The van der Waals surface area contributed by atoms with E-state index in [9.17, 15) is 9.18 Å². The monoisotopic (exact) mass is 254 g/mol. The molecule has 0 N–H and O–H groups in total. The Morgan fingerprint density at radius 1 is 1.00 bits per heavy atom. The molecule has 0 saturated carbocycles. The minimum atomic E-state index is -0.407. The van der Waals surface area contributed by atoms with Crippen molar-refractivity contribution in [3.05, 3.63) is 70.3 Å². The minimum absolute atomic E-state index is 0.299. The molecule has 3 aromatic rings. The van der Waals surface area contributed by atoms with Crippen LogP contribution in [0.1, 0.15) is 5.56 Å². The molecule has 1 aromatic heterocycles. The Bertz CT molecular complexity index is 801. The van der Waals surface area contributed by atoms with E-state index in [2.05, 4.69) is 0 Å². The van der Waals surface area contributed by atoms with Crippen molar-refractivity contribution in [1.29, 1.82) is 0 Å². The van der Waals surface area contributed by atoms with Crippen LogP contribution in [-0.2, 0) is 0 Å². The molecule has 3 rings (SSSR count). The molecule has 0 bridgehead atoms. The summed E-state index contributed by atoms with van der Waals surface area (Å²) in [6, 6.07) is 13.1. The van der Waals surface area contributed by atoms with Crippen molar-refractivity contribution in [1.82, 2.24) is 0 Å². The van der Waals surface area contributed by atoms with Crippen molar-refractivity contribution < 1.29 is 8.81 Å². The van der Waals surface area contributed by atoms with Gasteiger partial charge in [0.15, 0.2) is 0 Å². The second-order valence-electron chi connectivity index (χ2n) is 4.49. The lowest BCUT2D eigenvalue weighted by Gasteiger charge is -2.06. The highest BCUT2D eigenvalue weighted by Gasteiger charge is 2.08. The largest absolute Gasteiger partial charge is 0.423 e. The van der Waals surface area contributed by atoms with Crippen LogP contribution >= 0.6 is 0 Å². The molecule has 2 nitrogen and oxygen atoms in total.